The van der Waals surface area contributed by atoms with Crippen LogP contribution in [0.5, 0.6) is 0 Å². The second-order valence-corrected chi connectivity index (χ2v) is 5.75. The van der Waals surface area contributed by atoms with Crippen LogP contribution < -0.4 is 16.2 Å². The monoisotopic (exact) mass is 301 g/mol. The van der Waals surface area contributed by atoms with Gasteiger partial charge in [-0.2, -0.15) is 5.10 Å². The third-order valence-corrected chi connectivity index (χ3v) is 4.03. The number of nitrogens with one attached hydrogen (secondary N) is 3. The molecule has 1 heterocycles. The third-order valence-electron chi connectivity index (χ3n) is 3.81. The van der Waals surface area contributed by atoms with E-state index in [0.717, 1.165) is 10.8 Å². The molecule has 0 saturated heterocycles. The summed E-state index contributed by atoms with van der Waals surface area (Å²) < 4.78 is 0. The van der Waals surface area contributed by atoms with Crippen molar-refractivity contribution in [2.75, 3.05) is 5.43 Å². The lowest BCUT2D eigenvalue weighted by molar-refractivity contribution is 0.412. The molecule has 21 heavy (non-hydrogen) atoms. The van der Waals surface area contributed by atoms with Crippen LogP contribution in [-0.4, -0.2) is 21.4 Å². The summed E-state index contributed by atoms with van der Waals surface area (Å²) in [4.78, 5) is 0. The molecule has 1 aromatic carbocycles. The maximum absolute atomic E-state index is 5.32. The van der Waals surface area contributed by atoms with E-state index in [2.05, 4.69) is 26.4 Å². The molecular formula is C15H19N5S. The summed E-state index contributed by atoms with van der Waals surface area (Å²) in [5, 5.41) is 14.1. The van der Waals surface area contributed by atoms with Crippen molar-refractivity contribution in [3.05, 3.63) is 30.5 Å². The van der Waals surface area contributed by atoms with Crippen LogP contribution in [0.2, 0.25) is 0 Å². The summed E-state index contributed by atoms with van der Waals surface area (Å²) >= 11 is 5.32. The van der Waals surface area contributed by atoms with Crippen LogP contribution in [0, 0.1) is 0 Å². The average molecular weight is 301 g/mol. The Morgan fingerprint density at radius 2 is 1.95 bits per heavy atom. The Kier molecular flexibility index (Phi) is 4.45. The summed E-state index contributed by atoms with van der Waals surface area (Å²) in [7, 11) is 0. The number of thiocarbonyl (C=S) groups is 1. The van der Waals surface area contributed by atoms with E-state index in [1.165, 1.54) is 32.1 Å². The van der Waals surface area contributed by atoms with Gasteiger partial charge in [-0.1, -0.05) is 43.5 Å². The maximum atomic E-state index is 5.32. The van der Waals surface area contributed by atoms with Gasteiger partial charge in [0.2, 0.25) is 0 Å². The van der Waals surface area contributed by atoms with Gasteiger partial charge in [0.15, 0.2) is 10.9 Å². The van der Waals surface area contributed by atoms with Crippen molar-refractivity contribution in [2.45, 2.75) is 38.1 Å². The van der Waals surface area contributed by atoms with Gasteiger partial charge in [0, 0.05) is 16.8 Å². The zero-order chi connectivity index (χ0) is 14.5. The van der Waals surface area contributed by atoms with E-state index in [-0.39, 0.29) is 0 Å². The number of rotatable bonds is 3. The lowest BCUT2D eigenvalue weighted by Gasteiger charge is -2.24. The molecule has 1 saturated carbocycles. The van der Waals surface area contributed by atoms with E-state index in [4.69, 9.17) is 12.2 Å². The fourth-order valence-corrected chi connectivity index (χ4v) is 2.92. The first-order valence-electron chi connectivity index (χ1n) is 7.36. The molecule has 5 nitrogen and oxygen atoms in total. The number of aromatic nitrogens is 2. The fraction of sp³-hybridized carbons (Fsp3) is 0.400. The van der Waals surface area contributed by atoms with Crippen LogP contribution in [0.15, 0.2) is 30.5 Å². The van der Waals surface area contributed by atoms with Crippen LogP contribution >= 0.6 is 12.2 Å². The fourth-order valence-electron chi connectivity index (χ4n) is 2.70. The van der Waals surface area contributed by atoms with E-state index in [0.29, 0.717) is 17.0 Å². The Morgan fingerprint density at radius 1 is 1.14 bits per heavy atom. The van der Waals surface area contributed by atoms with Crippen molar-refractivity contribution in [3.63, 3.8) is 0 Å². The SMILES string of the molecule is S=C(NNc1nncc2ccccc12)NC1CCCCC1. The minimum atomic E-state index is 0.485. The van der Waals surface area contributed by atoms with Gasteiger partial charge in [-0.15, -0.1) is 5.10 Å². The van der Waals surface area contributed by atoms with Crippen LogP contribution in [-0.2, 0) is 0 Å². The summed E-state index contributed by atoms with van der Waals surface area (Å²) in [6.45, 7) is 0. The van der Waals surface area contributed by atoms with Gasteiger partial charge in [0.1, 0.15) is 0 Å². The molecular weight excluding hydrogens is 282 g/mol. The van der Waals surface area contributed by atoms with E-state index in [1.54, 1.807) is 6.20 Å². The Balaban J connectivity index is 1.59. The van der Waals surface area contributed by atoms with Crippen LogP contribution in [0.3, 0.4) is 0 Å². The van der Waals surface area contributed by atoms with E-state index in [9.17, 15) is 0 Å². The Bertz CT molecular complexity index is 619. The van der Waals surface area contributed by atoms with Crippen molar-refractivity contribution in [2.24, 2.45) is 0 Å². The van der Waals surface area contributed by atoms with Crippen molar-refractivity contribution in [1.82, 2.24) is 20.9 Å². The number of hydrogen-bond donors (Lipinski definition) is 3. The summed E-state index contributed by atoms with van der Waals surface area (Å²) in [5.74, 6) is 0.681. The van der Waals surface area contributed by atoms with Crippen LogP contribution in [0.4, 0.5) is 5.82 Å². The van der Waals surface area contributed by atoms with E-state index >= 15 is 0 Å². The Hall–Kier alpha value is -1.95. The molecule has 1 aliphatic rings. The second-order valence-electron chi connectivity index (χ2n) is 5.34. The second kappa shape index (κ2) is 6.67. The van der Waals surface area contributed by atoms with Crippen molar-refractivity contribution < 1.29 is 0 Å². The van der Waals surface area contributed by atoms with Gasteiger partial charge in [0.25, 0.3) is 0 Å². The van der Waals surface area contributed by atoms with Crippen LogP contribution in [0.1, 0.15) is 32.1 Å². The lowest BCUT2D eigenvalue weighted by atomic mass is 9.96. The Labute approximate surface area is 129 Å². The summed E-state index contributed by atoms with van der Waals surface area (Å²) in [6.07, 6.45) is 8.03. The van der Waals surface area contributed by atoms with Gasteiger partial charge in [0.05, 0.1) is 6.20 Å². The molecule has 6 heteroatoms. The number of fused-ring (bicyclic) bond motifs is 1. The summed E-state index contributed by atoms with van der Waals surface area (Å²) in [5.41, 5.74) is 6.06. The molecule has 0 unspecified atom stereocenters. The molecule has 1 aliphatic carbocycles. The molecule has 3 N–H and O–H groups in total. The average Bonchev–Trinajstić information content (AvgIpc) is 2.54. The third kappa shape index (κ3) is 3.58. The van der Waals surface area contributed by atoms with Gasteiger partial charge in [-0.05, 0) is 25.1 Å². The molecule has 1 aromatic heterocycles. The minimum Gasteiger partial charge on any atom is -0.359 e. The standard InChI is InChI=1S/C15H19N5S/c21-15(17-12-7-2-1-3-8-12)20-19-14-13-9-5-4-6-11(13)10-16-18-14/h4-6,9-10,12H,1-3,7-8H2,(H,18,19)(H2,17,20,21). The smallest absolute Gasteiger partial charge is 0.185 e. The first-order chi connectivity index (χ1) is 10.3. The molecule has 0 bridgehead atoms. The predicted molar refractivity (Wildman–Crippen MR) is 88.9 cm³/mol. The summed E-state index contributed by atoms with van der Waals surface area (Å²) in [6, 6.07) is 8.46. The van der Waals surface area contributed by atoms with Crippen molar-refractivity contribution in [3.8, 4) is 0 Å². The first kappa shape index (κ1) is 14.0. The number of anilines is 1. The van der Waals surface area contributed by atoms with Gasteiger partial charge >= 0.3 is 0 Å². The van der Waals surface area contributed by atoms with Gasteiger partial charge in [-0.3, -0.25) is 10.9 Å². The number of hydrazine groups is 1. The zero-order valence-electron chi connectivity index (χ0n) is 11.8. The largest absolute Gasteiger partial charge is 0.359 e. The highest BCUT2D eigenvalue weighted by Gasteiger charge is 2.13. The minimum absolute atomic E-state index is 0.485. The van der Waals surface area contributed by atoms with Crippen molar-refractivity contribution >= 4 is 33.9 Å². The van der Waals surface area contributed by atoms with E-state index in [1.807, 2.05) is 24.3 Å². The highest BCUT2D eigenvalue weighted by Crippen LogP contribution is 2.19. The first-order valence-corrected chi connectivity index (χ1v) is 7.77. The highest BCUT2D eigenvalue weighted by atomic mass is 32.1. The number of hydrogen-bond acceptors (Lipinski definition) is 4. The number of nitrogens with zero attached hydrogens (tertiary/aromatic N) is 2. The topological polar surface area (TPSA) is 61.9 Å². The van der Waals surface area contributed by atoms with E-state index < -0.39 is 0 Å². The molecule has 110 valence electrons. The molecule has 0 aliphatic heterocycles. The Morgan fingerprint density at radius 3 is 2.81 bits per heavy atom. The quantitative estimate of drug-likeness (QED) is 0.598. The molecule has 0 amide bonds. The van der Waals surface area contributed by atoms with Crippen molar-refractivity contribution in [1.29, 1.82) is 0 Å². The zero-order valence-corrected chi connectivity index (χ0v) is 12.6. The van der Waals surface area contributed by atoms with Crippen LogP contribution in [0.25, 0.3) is 10.8 Å². The molecule has 3 rings (SSSR count). The molecule has 0 spiro atoms. The number of benzene rings is 1. The molecule has 0 radical (unpaired) electrons. The lowest BCUT2D eigenvalue weighted by Crippen LogP contribution is -2.44. The normalized spacial score (nSPS) is 15.6. The highest BCUT2D eigenvalue weighted by molar-refractivity contribution is 7.80. The van der Waals surface area contributed by atoms with Gasteiger partial charge in [-0.25, -0.2) is 0 Å². The molecule has 1 fully saturated rings. The maximum Gasteiger partial charge on any atom is 0.185 e. The van der Waals surface area contributed by atoms with Gasteiger partial charge < -0.3 is 5.32 Å². The molecule has 0 atom stereocenters. The molecule has 2 aromatic rings. The predicted octanol–water partition coefficient (Wildman–Crippen LogP) is 2.75.